The minimum Gasteiger partial charge on any atom is -0.457 e. The van der Waals surface area contributed by atoms with Crippen LogP contribution in [0.1, 0.15) is 11.1 Å². The standard InChI is InChI=1S/C18H14Cl2O/c1-12-10-14(7-6-13(12)11-19)21-18-9-8-17(20)15-4-2-3-5-16(15)18/h2-10H,11H2,1H3. The quantitative estimate of drug-likeness (QED) is 0.513. The molecule has 0 saturated carbocycles. The predicted molar refractivity (Wildman–Crippen MR) is 89.8 cm³/mol. The van der Waals surface area contributed by atoms with E-state index in [-0.39, 0.29) is 0 Å². The molecule has 21 heavy (non-hydrogen) atoms. The largest absolute Gasteiger partial charge is 0.457 e. The van der Waals surface area contributed by atoms with Gasteiger partial charge in [-0.05, 0) is 42.3 Å². The van der Waals surface area contributed by atoms with Crippen molar-refractivity contribution >= 4 is 34.0 Å². The molecule has 0 fully saturated rings. The molecule has 0 bridgehead atoms. The van der Waals surface area contributed by atoms with Gasteiger partial charge in [0.05, 0.1) is 0 Å². The number of halogens is 2. The van der Waals surface area contributed by atoms with Gasteiger partial charge in [0.15, 0.2) is 0 Å². The summed E-state index contributed by atoms with van der Waals surface area (Å²) in [6.45, 7) is 2.03. The van der Waals surface area contributed by atoms with Crippen LogP contribution in [0.25, 0.3) is 10.8 Å². The van der Waals surface area contributed by atoms with Gasteiger partial charge in [0.1, 0.15) is 11.5 Å². The van der Waals surface area contributed by atoms with E-state index < -0.39 is 0 Å². The lowest BCUT2D eigenvalue weighted by Crippen LogP contribution is -1.90. The smallest absolute Gasteiger partial charge is 0.135 e. The lowest BCUT2D eigenvalue weighted by atomic mass is 10.1. The molecule has 0 atom stereocenters. The fourth-order valence-electron chi connectivity index (χ4n) is 2.33. The van der Waals surface area contributed by atoms with E-state index in [0.29, 0.717) is 5.88 Å². The Morgan fingerprint density at radius 2 is 1.71 bits per heavy atom. The lowest BCUT2D eigenvalue weighted by Gasteiger charge is -2.11. The molecule has 0 N–H and O–H groups in total. The summed E-state index contributed by atoms with van der Waals surface area (Å²) in [6.07, 6.45) is 0. The first-order chi connectivity index (χ1) is 10.2. The van der Waals surface area contributed by atoms with Crippen LogP contribution in [-0.2, 0) is 5.88 Å². The number of hydrogen-bond donors (Lipinski definition) is 0. The summed E-state index contributed by atoms with van der Waals surface area (Å²) >= 11 is 12.1. The summed E-state index contributed by atoms with van der Waals surface area (Å²) in [5.41, 5.74) is 2.24. The van der Waals surface area contributed by atoms with Crippen LogP contribution in [-0.4, -0.2) is 0 Å². The molecule has 0 heterocycles. The monoisotopic (exact) mass is 316 g/mol. The number of fused-ring (bicyclic) bond motifs is 1. The van der Waals surface area contributed by atoms with Crippen LogP contribution in [0, 0.1) is 6.92 Å². The Hall–Kier alpha value is -1.70. The Morgan fingerprint density at radius 1 is 0.952 bits per heavy atom. The molecule has 0 aliphatic carbocycles. The van der Waals surface area contributed by atoms with E-state index >= 15 is 0 Å². The zero-order chi connectivity index (χ0) is 14.8. The van der Waals surface area contributed by atoms with E-state index in [1.165, 1.54) is 0 Å². The Kier molecular flexibility index (Phi) is 4.05. The molecule has 0 aromatic heterocycles. The summed E-state index contributed by atoms with van der Waals surface area (Å²) in [5.74, 6) is 2.11. The van der Waals surface area contributed by atoms with Crippen molar-refractivity contribution in [3.05, 3.63) is 70.7 Å². The van der Waals surface area contributed by atoms with Crippen LogP contribution in [0.15, 0.2) is 54.6 Å². The molecule has 3 aromatic carbocycles. The molecule has 0 spiro atoms. The van der Waals surface area contributed by atoms with Gasteiger partial charge in [-0.25, -0.2) is 0 Å². The molecule has 0 unspecified atom stereocenters. The summed E-state index contributed by atoms with van der Waals surface area (Å²) < 4.78 is 6.03. The number of alkyl halides is 1. The highest BCUT2D eigenvalue weighted by molar-refractivity contribution is 6.35. The molecular formula is C18H14Cl2O. The third kappa shape index (κ3) is 2.85. The number of aryl methyl sites for hydroxylation is 1. The Balaban J connectivity index is 2.02. The van der Waals surface area contributed by atoms with Gasteiger partial charge < -0.3 is 4.74 Å². The second-order valence-corrected chi connectivity index (χ2v) is 5.59. The highest BCUT2D eigenvalue weighted by Gasteiger charge is 2.07. The van der Waals surface area contributed by atoms with Crippen molar-refractivity contribution in [3.8, 4) is 11.5 Å². The minimum absolute atomic E-state index is 0.510. The maximum atomic E-state index is 6.23. The molecule has 1 nitrogen and oxygen atoms in total. The Labute approximate surface area is 134 Å². The average Bonchev–Trinajstić information content (AvgIpc) is 2.51. The van der Waals surface area contributed by atoms with E-state index in [1.54, 1.807) is 0 Å². The predicted octanol–water partition coefficient (Wildman–Crippen LogP) is 6.33. The second kappa shape index (κ2) is 5.97. The molecule has 3 heteroatoms. The van der Waals surface area contributed by atoms with Crippen molar-refractivity contribution < 1.29 is 4.74 Å². The van der Waals surface area contributed by atoms with Crippen LogP contribution >= 0.6 is 23.2 Å². The summed E-state index contributed by atoms with van der Waals surface area (Å²) in [5, 5.41) is 2.72. The molecular weight excluding hydrogens is 303 g/mol. The first kappa shape index (κ1) is 14.2. The van der Waals surface area contributed by atoms with Gasteiger partial charge >= 0.3 is 0 Å². The molecule has 0 amide bonds. The van der Waals surface area contributed by atoms with E-state index in [1.807, 2.05) is 61.5 Å². The third-order valence-corrected chi connectivity index (χ3v) is 4.13. The van der Waals surface area contributed by atoms with Crippen molar-refractivity contribution in [2.45, 2.75) is 12.8 Å². The first-order valence-electron chi connectivity index (χ1n) is 6.69. The molecule has 0 radical (unpaired) electrons. The van der Waals surface area contributed by atoms with E-state index in [9.17, 15) is 0 Å². The van der Waals surface area contributed by atoms with Gasteiger partial charge in [0.25, 0.3) is 0 Å². The second-order valence-electron chi connectivity index (χ2n) is 4.92. The van der Waals surface area contributed by atoms with Gasteiger partial charge in [-0.2, -0.15) is 0 Å². The number of benzene rings is 3. The molecule has 0 aliphatic heterocycles. The zero-order valence-electron chi connectivity index (χ0n) is 11.6. The van der Waals surface area contributed by atoms with Crippen molar-refractivity contribution in [2.75, 3.05) is 0 Å². The third-order valence-electron chi connectivity index (χ3n) is 3.52. The molecule has 0 saturated heterocycles. The first-order valence-corrected chi connectivity index (χ1v) is 7.61. The Morgan fingerprint density at radius 3 is 2.43 bits per heavy atom. The van der Waals surface area contributed by atoms with Gasteiger partial charge in [0, 0.05) is 21.7 Å². The van der Waals surface area contributed by atoms with Gasteiger partial charge in [-0.15, -0.1) is 11.6 Å². The van der Waals surface area contributed by atoms with Crippen LogP contribution in [0.2, 0.25) is 5.02 Å². The van der Waals surface area contributed by atoms with E-state index in [0.717, 1.165) is 38.4 Å². The highest BCUT2D eigenvalue weighted by Crippen LogP contribution is 2.34. The maximum Gasteiger partial charge on any atom is 0.135 e. The van der Waals surface area contributed by atoms with Crippen molar-refractivity contribution in [2.24, 2.45) is 0 Å². The van der Waals surface area contributed by atoms with Crippen LogP contribution in [0.4, 0.5) is 0 Å². The number of ether oxygens (including phenoxy) is 1. The van der Waals surface area contributed by atoms with Gasteiger partial charge in [-0.3, -0.25) is 0 Å². The molecule has 0 aliphatic rings. The minimum atomic E-state index is 0.510. The Bertz CT molecular complexity index is 796. The zero-order valence-corrected chi connectivity index (χ0v) is 13.1. The van der Waals surface area contributed by atoms with E-state index in [2.05, 4.69) is 0 Å². The topological polar surface area (TPSA) is 9.23 Å². The van der Waals surface area contributed by atoms with Crippen LogP contribution in [0.5, 0.6) is 11.5 Å². The fraction of sp³-hybridized carbons (Fsp3) is 0.111. The van der Waals surface area contributed by atoms with Crippen LogP contribution in [0.3, 0.4) is 0 Å². The van der Waals surface area contributed by atoms with Crippen LogP contribution < -0.4 is 4.74 Å². The van der Waals surface area contributed by atoms with E-state index in [4.69, 9.17) is 27.9 Å². The van der Waals surface area contributed by atoms with Gasteiger partial charge in [-0.1, -0.05) is 41.9 Å². The van der Waals surface area contributed by atoms with Crippen molar-refractivity contribution in [1.29, 1.82) is 0 Å². The lowest BCUT2D eigenvalue weighted by molar-refractivity contribution is 0.488. The maximum absolute atomic E-state index is 6.23. The normalized spacial score (nSPS) is 10.8. The molecule has 3 rings (SSSR count). The van der Waals surface area contributed by atoms with Crippen molar-refractivity contribution in [3.63, 3.8) is 0 Å². The summed E-state index contributed by atoms with van der Waals surface area (Å²) in [4.78, 5) is 0. The SMILES string of the molecule is Cc1cc(Oc2ccc(Cl)c3ccccc23)ccc1CCl. The van der Waals surface area contributed by atoms with Gasteiger partial charge in [0.2, 0.25) is 0 Å². The number of hydrogen-bond acceptors (Lipinski definition) is 1. The number of rotatable bonds is 3. The van der Waals surface area contributed by atoms with Crippen molar-refractivity contribution in [1.82, 2.24) is 0 Å². The highest BCUT2D eigenvalue weighted by atomic mass is 35.5. The summed E-state index contributed by atoms with van der Waals surface area (Å²) in [6, 6.07) is 17.6. The fourth-order valence-corrected chi connectivity index (χ4v) is 2.86. The average molecular weight is 317 g/mol. The molecule has 3 aromatic rings. The summed E-state index contributed by atoms with van der Waals surface area (Å²) in [7, 11) is 0. The molecule has 106 valence electrons.